The van der Waals surface area contributed by atoms with Gasteiger partial charge in [-0.15, -0.1) is 0 Å². The molecule has 2 atom stereocenters. The van der Waals surface area contributed by atoms with Gasteiger partial charge < -0.3 is 29.0 Å². The lowest BCUT2D eigenvalue weighted by molar-refractivity contribution is -0.140. The van der Waals surface area contributed by atoms with Gasteiger partial charge in [-0.1, -0.05) is 24.3 Å². The minimum atomic E-state index is -0.620. The first kappa shape index (κ1) is 28.2. The Labute approximate surface area is 229 Å². The molecule has 0 amide bonds. The summed E-state index contributed by atoms with van der Waals surface area (Å²) in [5.41, 5.74) is 4.19. The zero-order valence-corrected chi connectivity index (χ0v) is 23.5. The van der Waals surface area contributed by atoms with E-state index in [0.29, 0.717) is 46.9 Å². The Balaban J connectivity index is 1.79. The molecular weight excluding hydrogens is 498 g/mol. The zero-order valence-electron chi connectivity index (χ0n) is 23.5. The smallest absolute Gasteiger partial charge is 0.336 e. The van der Waals surface area contributed by atoms with E-state index < -0.39 is 11.9 Å². The van der Waals surface area contributed by atoms with Crippen molar-refractivity contribution in [3.05, 3.63) is 76.1 Å². The summed E-state index contributed by atoms with van der Waals surface area (Å²) in [5.74, 6) is 0.700. The molecule has 1 heterocycles. The van der Waals surface area contributed by atoms with Crippen LogP contribution in [0.5, 0.6) is 17.2 Å². The molecule has 0 spiro atoms. The summed E-state index contributed by atoms with van der Waals surface area (Å²) in [6, 6.07) is 13.3. The molecule has 2 aromatic carbocycles. The third-order valence-corrected chi connectivity index (χ3v) is 7.04. The molecule has 39 heavy (non-hydrogen) atoms. The molecule has 208 valence electrons. The number of dihydropyridines is 1. The number of hydrogen-bond donors (Lipinski definition) is 1. The molecule has 2 aliphatic rings. The number of allylic oxidation sites excluding steroid dienone is 3. The van der Waals surface area contributed by atoms with Crippen molar-refractivity contribution in [3.63, 3.8) is 0 Å². The van der Waals surface area contributed by atoms with E-state index in [1.165, 1.54) is 0 Å². The average Bonchev–Trinajstić information content (AvgIpc) is 2.91. The van der Waals surface area contributed by atoms with Gasteiger partial charge in [0.1, 0.15) is 12.4 Å². The van der Waals surface area contributed by atoms with Crippen LogP contribution in [0.2, 0.25) is 0 Å². The van der Waals surface area contributed by atoms with Gasteiger partial charge in [0.05, 0.1) is 38.4 Å². The Hall–Kier alpha value is -3.78. The normalized spacial score (nSPS) is 19.0. The van der Waals surface area contributed by atoms with Crippen LogP contribution >= 0.6 is 0 Å². The van der Waals surface area contributed by atoms with E-state index in [-0.39, 0.29) is 31.0 Å². The highest BCUT2D eigenvalue weighted by molar-refractivity contribution is 6.04. The van der Waals surface area contributed by atoms with Crippen LogP contribution in [-0.4, -0.2) is 52.4 Å². The number of esters is 1. The molecule has 0 unspecified atom stereocenters. The van der Waals surface area contributed by atoms with Crippen LogP contribution < -0.4 is 19.5 Å². The predicted octanol–water partition coefficient (Wildman–Crippen LogP) is 5.04. The second kappa shape index (κ2) is 12.4. The number of carbonyl (C=O) groups excluding carboxylic acids is 2. The maximum absolute atomic E-state index is 14.0. The second-order valence-corrected chi connectivity index (χ2v) is 9.96. The summed E-state index contributed by atoms with van der Waals surface area (Å²) in [4.78, 5) is 27.4. The first-order valence-electron chi connectivity index (χ1n) is 13.2. The Kier molecular flexibility index (Phi) is 8.97. The topological polar surface area (TPSA) is 92.3 Å². The van der Waals surface area contributed by atoms with Crippen molar-refractivity contribution < 1.29 is 33.3 Å². The van der Waals surface area contributed by atoms with Crippen molar-refractivity contribution in [2.24, 2.45) is 0 Å². The van der Waals surface area contributed by atoms with Crippen LogP contribution in [0.4, 0.5) is 0 Å². The highest BCUT2D eigenvalue weighted by Gasteiger charge is 2.42. The minimum Gasteiger partial charge on any atom is -0.493 e. The molecule has 0 radical (unpaired) electrons. The number of hydrogen-bond acceptors (Lipinski definition) is 8. The first-order chi connectivity index (χ1) is 18.8. The summed E-state index contributed by atoms with van der Waals surface area (Å²) >= 11 is 0. The lowest BCUT2D eigenvalue weighted by atomic mass is 9.71. The Morgan fingerprint density at radius 1 is 0.974 bits per heavy atom. The van der Waals surface area contributed by atoms with Crippen molar-refractivity contribution in [2.75, 3.05) is 34.5 Å². The highest BCUT2D eigenvalue weighted by atomic mass is 16.6. The molecule has 8 heteroatoms. The van der Waals surface area contributed by atoms with Gasteiger partial charge in [-0.05, 0) is 56.9 Å². The maximum atomic E-state index is 14.0. The fourth-order valence-corrected chi connectivity index (χ4v) is 5.34. The van der Waals surface area contributed by atoms with Crippen LogP contribution in [-0.2, 0) is 19.1 Å². The number of benzene rings is 2. The van der Waals surface area contributed by atoms with Gasteiger partial charge in [-0.25, -0.2) is 4.79 Å². The number of Topliss-reactive ketones (excluding diaryl/α,β-unsaturated/α-hetero) is 1. The molecule has 8 nitrogen and oxygen atoms in total. The third-order valence-electron chi connectivity index (χ3n) is 7.04. The van der Waals surface area contributed by atoms with Gasteiger partial charge >= 0.3 is 5.97 Å². The lowest BCUT2D eigenvalue weighted by Crippen LogP contribution is -2.36. The molecule has 1 N–H and O–H groups in total. The number of ketones is 1. The van der Waals surface area contributed by atoms with Crippen LogP contribution in [0, 0.1) is 0 Å². The van der Waals surface area contributed by atoms with E-state index >= 15 is 0 Å². The Morgan fingerprint density at radius 2 is 1.72 bits per heavy atom. The number of methoxy groups -OCH3 is 3. The fraction of sp³-hybridized carbons (Fsp3) is 0.419. The monoisotopic (exact) mass is 535 g/mol. The number of ether oxygens (including phenoxy) is 5. The van der Waals surface area contributed by atoms with Crippen molar-refractivity contribution in [1.29, 1.82) is 0 Å². The van der Waals surface area contributed by atoms with Gasteiger partial charge in [-0.2, -0.15) is 0 Å². The standard InChI is InChI=1S/C31H37NO7/c1-18(2)39-25-10-8-7-9-22(25)29-28(31(34)38-14-13-35-4)19(3)32-23-15-21(16-24(33)30(23)29)20-11-12-26(36-5)27(17-20)37-6/h7-12,17-18,21,29,32H,13-16H2,1-6H3/t21-,29+/m1/s1. The van der Waals surface area contributed by atoms with Gasteiger partial charge in [0, 0.05) is 36.1 Å². The van der Waals surface area contributed by atoms with E-state index in [1.54, 1.807) is 21.3 Å². The largest absolute Gasteiger partial charge is 0.493 e. The number of rotatable bonds is 10. The molecule has 1 aliphatic carbocycles. The van der Waals surface area contributed by atoms with Gasteiger partial charge in [0.25, 0.3) is 0 Å². The average molecular weight is 536 g/mol. The molecule has 0 bridgehead atoms. The second-order valence-electron chi connectivity index (χ2n) is 9.96. The highest BCUT2D eigenvalue weighted by Crippen LogP contribution is 2.48. The van der Waals surface area contributed by atoms with E-state index in [2.05, 4.69) is 5.32 Å². The molecule has 0 saturated heterocycles. The first-order valence-corrected chi connectivity index (χ1v) is 13.2. The Morgan fingerprint density at radius 3 is 2.41 bits per heavy atom. The molecule has 0 fully saturated rings. The summed E-state index contributed by atoms with van der Waals surface area (Å²) < 4.78 is 27.6. The van der Waals surface area contributed by atoms with Crippen LogP contribution in [0.3, 0.4) is 0 Å². The van der Waals surface area contributed by atoms with Crippen molar-refractivity contribution >= 4 is 11.8 Å². The summed E-state index contributed by atoms with van der Waals surface area (Å²) in [7, 11) is 4.74. The minimum absolute atomic E-state index is 0.0254. The Bertz CT molecular complexity index is 1290. The summed E-state index contributed by atoms with van der Waals surface area (Å²) in [6.45, 7) is 6.14. The fourth-order valence-electron chi connectivity index (χ4n) is 5.34. The van der Waals surface area contributed by atoms with Crippen molar-refractivity contribution in [1.82, 2.24) is 5.32 Å². The van der Waals surface area contributed by atoms with Crippen LogP contribution in [0.25, 0.3) is 0 Å². The van der Waals surface area contributed by atoms with E-state index in [4.69, 9.17) is 23.7 Å². The quantitative estimate of drug-likeness (QED) is 0.334. The molecule has 0 aromatic heterocycles. The van der Waals surface area contributed by atoms with Gasteiger partial charge in [0.2, 0.25) is 0 Å². The van der Waals surface area contributed by atoms with Crippen LogP contribution in [0.15, 0.2) is 65.0 Å². The van der Waals surface area contributed by atoms with E-state index in [1.807, 2.05) is 63.2 Å². The van der Waals surface area contributed by atoms with Crippen LogP contribution in [0.1, 0.15) is 56.6 Å². The molecule has 1 aliphatic heterocycles. The zero-order chi connectivity index (χ0) is 28.1. The maximum Gasteiger partial charge on any atom is 0.336 e. The summed E-state index contributed by atoms with van der Waals surface area (Å²) in [5, 5.41) is 3.39. The third kappa shape index (κ3) is 5.96. The number of nitrogens with one attached hydrogen (secondary N) is 1. The van der Waals surface area contributed by atoms with E-state index in [9.17, 15) is 9.59 Å². The number of carbonyl (C=O) groups is 2. The van der Waals surface area contributed by atoms with Crippen molar-refractivity contribution in [2.45, 2.75) is 51.6 Å². The predicted molar refractivity (Wildman–Crippen MR) is 147 cm³/mol. The SMILES string of the molecule is COCCOC(=O)C1=C(C)NC2=C(C(=O)C[C@H](c3ccc(OC)c(OC)c3)C2)[C@H]1c1ccccc1OC(C)C. The molecule has 2 aromatic rings. The number of para-hydroxylation sites is 1. The molecular formula is C31H37NO7. The van der Waals surface area contributed by atoms with E-state index in [0.717, 1.165) is 16.8 Å². The molecule has 0 saturated carbocycles. The molecule has 4 rings (SSSR count). The lowest BCUT2D eigenvalue weighted by Gasteiger charge is -2.37. The van der Waals surface area contributed by atoms with Gasteiger partial charge in [-0.3, -0.25) is 4.79 Å². The summed E-state index contributed by atoms with van der Waals surface area (Å²) in [6.07, 6.45) is 0.814. The van der Waals surface area contributed by atoms with Gasteiger partial charge in [0.15, 0.2) is 17.3 Å². The van der Waals surface area contributed by atoms with Crippen molar-refractivity contribution in [3.8, 4) is 17.2 Å².